The van der Waals surface area contributed by atoms with Crippen molar-refractivity contribution in [1.29, 1.82) is 0 Å². The molecule has 0 radical (unpaired) electrons. The number of pyridine rings is 1. The van der Waals surface area contributed by atoms with Crippen LogP contribution in [0.5, 0.6) is 0 Å². The molecule has 4 rings (SSSR count). The van der Waals surface area contributed by atoms with Crippen molar-refractivity contribution in [2.75, 3.05) is 19.4 Å². The molecule has 11 heteroatoms. The van der Waals surface area contributed by atoms with Gasteiger partial charge in [0, 0.05) is 31.9 Å². The number of halogens is 2. The fourth-order valence-electron chi connectivity index (χ4n) is 3.26. The second-order valence-electron chi connectivity index (χ2n) is 7.15. The Kier molecular flexibility index (Phi) is 7.04. The Balaban J connectivity index is 0.00000289. The van der Waals surface area contributed by atoms with Crippen LogP contribution in [0, 0.1) is 6.92 Å². The van der Waals surface area contributed by atoms with E-state index in [1.54, 1.807) is 35.0 Å². The van der Waals surface area contributed by atoms with Crippen LogP contribution in [0.4, 0.5) is 5.69 Å². The maximum Gasteiger partial charge on any atom is 0.242 e. The van der Waals surface area contributed by atoms with Crippen molar-refractivity contribution < 1.29 is 8.42 Å². The number of aromatic nitrogens is 4. The standard InChI is InChI=1S/C21H21ClN6O2S.ClH/c1-14-20(15-7-6-9-17(11-15)31(29,30)27(2)3)28-21(25-14)18(12-19(22)26-28)24-13-16-8-4-5-10-23-16;/h4-12,24H,13H2,1-3H3;1H. The van der Waals surface area contributed by atoms with E-state index >= 15 is 0 Å². The van der Waals surface area contributed by atoms with Gasteiger partial charge in [0.25, 0.3) is 0 Å². The Morgan fingerprint density at radius 3 is 2.59 bits per heavy atom. The van der Waals surface area contributed by atoms with Crippen LogP contribution in [0.3, 0.4) is 0 Å². The van der Waals surface area contributed by atoms with Gasteiger partial charge in [-0.15, -0.1) is 12.4 Å². The van der Waals surface area contributed by atoms with Gasteiger partial charge in [-0.3, -0.25) is 4.98 Å². The van der Waals surface area contributed by atoms with Crippen LogP contribution in [0.1, 0.15) is 11.4 Å². The summed E-state index contributed by atoms with van der Waals surface area (Å²) in [7, 11) is -0.570. The predicted molar refractivity (Wildman–Crippen MR) is 128 cm³/mol. The van der Waals surface area contributed by atoms with Crippen LogP contribution >= 0.6 is 24.0 Å². The smallest absolute Gasteiger partial charge is 0.242 e. The topological polar surface area (TPSA) is 92.5 Å². The summed E-state index contributed by atoms with van der Waals surface area (Å²) in [5.41, 5.74) is 4.23. The third-order valence-electron chi connectivity index (χ3n) is 4.80. The Morgan fingerprint density at radius 2 is 1.91 bits per heavy atom. The van der Waals surface area contributed by atoms with E-state index in [9.17, 15) is 8.42 Å². The highest BCUT2D eigenvalue weighted by Gasteiger charge is 2.21. The molecule has 0 bridgehead atoms. The number of aryl methyl sites for hydroxylation is 1. The Labute approximate surface area is 197 Å². The van der Waals surface area contributed by atoms with Gasteiger partial charge in [0.1, 0.15) is 0 Å². The largest absolute Gasteiger partial charge is 0.376 e. The van der Waals surface area contributed by atoms with Crippen molar-refractivity contribution in [2.24, 2.45) is 0 Å². The maximum atomic E-state index is 12.6. The summed E-state index contributed by atoms with van der Waals surface area (Å²) in [5, 5.41) is 8.02. The first-order chi connectivity index (χ1) is 14.8. The third kappa shape index (κ3) is 4.56. The lowest BCUT2D eigenvalue weighted by atomic mass is 10.1. The zero-order valence-electron chi connectivity index (χ0n) is 17.7. The number of imidazole rings is 1. The van der Waals surface area contributed by atoms with Crippen LogP contribution in [-0.4, -0.2) is 46.4 Å². The van der Waals surface area contributed by atoms with Crippen molar-refractivity contribution >= 4 is 45.4 Å². The van der Waals surface area contributed by atoms with Crippen LogP contribution in [-0.2, 0) is 16.6 Å². The van der Waals surface area contributed by atoms with Gasteiger partial charge in [-0.1, -0.05) is 29.8 Å². The zero-order valence-corrected chi connectivity index (χ0v) is 20.0. The van der Waals surface area contributed by atoms with E-state index in [0.29, 0.717) is 34.8 Å². The molecule has 0 aliphatic heterocycles. The Bertz CT molecular complexity index is 1360. The van der Waals surface area contributed by atoms with Gasteiger partial charge in [0.15, 0.2) is 10.8 Å². The van der Waals surface area contributed by atoms with Crippen molar-refractivity contribution in [3.05, 3.63) is 71.3 Å². The minimum atomic E-state index is -3.57. The van der Waals surface area contributed by atoms with E-state index in [-0.39, 0.29) is 22.5 Å². The van der Waals surface area contributed by atoms with Gasteiger partial charge in [0.05, 0.1) is 34.2 Å². The second-order valence-corrected chi connectivity index (χ2v) is 9.69. The predicted octanol–water partition coefficient (Wildman–Crippen LogP) is 4.04. The van der Waals surface area contributed by atoms with Crippen LogP contribution in [0.2, 0.25) is 5.15 Å². The van der Waals surface area contributed by atoms with E-state index < -0.39 is 10.0 Å². The maximum absolute atomic E-state index is 12.6. The summed E-state index contributed by atoms with van der Waals surface area (Å²) in [6.07, 6.45) is 1.73. The summed E-state index contributed by atoms with van der Waals surface area (Å²) < 4.78 is 28.0. The molecule has 1 aromatic carbocycles. The minimum absolute atomic E-state index is 0. The van der Waals surface area contributed by atoms with E-state index in [1.165, 1.54) is 18.4 Å². The summed E-state index contributed by atoms with van der Waals surface area (Å²) in [4.78, 5) is 9.18. The summed E-state index contributed by atoms with van der Waals surface area (Å²) in [6, 6.07) is 14.1. The number of hydrogen-bond acceptors (Lipinski definition) is 6. The Morgan fingerprint density at radius 1 is 1.12 bits per heavy atom. The molecule has 0 saturated carbocycles. The lowest BCUT2D eigenvalue weighted by Crippen LogP contribution is -2.22. The number of nitrogens with one attached hydrogen (secondary N) is 1. The number of hydrogen-bond donors (Lipinski definition) is 1. The van der Waals surface area contributed by atoms with Gasteiger partial charge < -0.3 is 5.32 Å². The molecule has 3 heterocycles. The minimum Gasteiger partial charge on any atom is -0.376 e. The number of nitrogens with zero attached hydrogens (tertiary/aromatic N) is 5. The highest BCUT2D eigenvalue weighted by Crippen LogP contribution is 2.30. The van der Waals surface area contributed by atoms with Crippen LogP contribution < -0.4 is 5.32 Å². The fourth-order valence-corrected chi connectivity index (χ4v) is 4.40. The molecule has 168 valence electrons. The molecule has 0 amide bonds. The third-order valence-corrected chi connectivity index (χ3v) is 6.80. The molecular formula is C21H22Cl2N6O2S. The average molecular weight is 493 g/mol. The molecule has 32 heavy (non-hydrogen) atoms. The number of sulfonamides is 1. The highest BCUT2D eigenvalue weighted by molar-refractivity contribution is 7.89. The number of fused-ring (bicyclic) bond motifs is 1. The van der Waals surface area contributed by atoms with Gasteiger partial charge >= 0.3 is 0 Å². The van der Waals surface area contributed by atoms with E-state index in [2.05, 4.69) is 20.4 Å². The lowest BCUT2D eigenvalue weighted by Gasteiger charge is -2.12. The number of benzene rings is 1. The molecule has 4 aromatic rings. The molecule has 0 fully saturated rings. The van der Waals surface area contributed by atoms with E-state index in [4.69, 9.17) is 11.6 Å². The summed E-state index contributed by atoms with van der Waals surface area (Å²) in [5.74, 6) is 0. The molecule has 0 aliphatic rings. The molecule has 8 nitrogen and oxygen atoms in total. The SMILES string of the molecule is Cc1nc2c(NCc3ccccn3)cc(Cl)nn2c1-c1cccc(S(=O)(=O)N(C)C)c1.Cl. The van der Waals surface area contributed by atoms with E-state index in [0.717, 1.165) is 5.69 Å². The van der Waals surface area contributed by atoms with E-state index in [1.807, 2.05) is 31.2 Å². The average Bonchev–Trinajstić information content (AvgIpc) is 3.08. The molecular weight excluding hydrogens is 471 g/mol. The highest BCUT2D eigenvalue weighted by atomic mass is 35.5. The molecule has 1 N–H and O–H groups in total. The van der Waals surface area contributed by atoms with Crippen molar-refractivity contribution in [1.82, 2.24) is 23.9 Å². The quantitative estimate of drug-likeness (QED) is 0.436. The first-order valence-electron chi connectivity index (χ1n) is 9.50. The Hall–Kier alpha value is -2.72. The lowest BCUT2D eigenvalue weighted by molar-refractivity contribution is 0.521. The fraction of sp³-hybridized carbons (Fsp3) is 0.190. The van der Waals surface area contributed by atoms with Crippen molar-refractivity contribution in [2.45, 2.75) is 18.4 Å². The molecule has 0 aliphatic carbocycles. The van der Waals surface area contributed by atoms with Gasteiger partial charge in [0.2, 0.25) is 10.0 Å². The first-order valence-corrected chi connectivity index (χ1v) is 11.3. The van der Waals surface area contributed by atoms with Crippen LogP contribution in [0.15, 0.2) is 59.6 Å². The molecule has 0 atom stereocenters. The molecule has 0 saturated heterocycles. The number of rotatable bonds is 6. The normalized spacial score (nSPS) is 11.5. The second kappa shape index (κ2) is 9.41. The monoisotopic (exact) mass is 492 g/mol. The van der Waals surface area contributed by atoms with Crippen molar-refractivity contribution in [3.8, 4) is 11.3 Å². The molecule has 0 unspecified atom stereocenters. The molecule has 3 aromatic heterocycles. The number of anilines is 1. The van der Waals surface area contributed by atoms with Gasteiger partial charge in [-0.2, -0.15) is 5.10 Å². The molecule has 0 spiro atoms. The summed E-state index contributed by atoms with van der Waals surface area (Å²) >= 11 is 6.30. The van der Waals surface area contributed by atoms with Gasteiger partial charge in [-0.25, -0.2) is 22.2 Å². The van der Waals surface area contributed by atoms with Crippen molar-refractivity contribution in [3.63, 3.8) is 0 Å². The van der Waals surface area contributed by atoms with Crippen LogP contribution in [0.25, 0.3) is 16.9 Å². The van der Waals surface area contributed by atoms with Gasteiger partial charge in [-0.05, 0) is 31.2 Å². The summed E-state index contributed by atoms with van der Waals surface area (Å²) in [6.45, 7) is 2.35. The first kappa shape index (κ1) is 23.9. The zero-order chi connectivity index (χ0) is 22.2.